The third-order valence-corrected chi connectivity index (χ3v) is 3.76. The van der Waals surface area contributed by atoms with Crippen LogP contribution in [0.1, 0.15) is 5.82 Å². The summed E-state index contributed by atoms with van der Waals surface area (Å²) in [5, 5.41) is 9.19. The van der Waals surface area contributed by atoms with Gasteiger partial charge in [-0.05, 0) is 25.1 Å². The standard InChI is InChI=1S/C17H18ClN7O/c1-12-19-7-8-25(12)16-10-15(22-11-23-16)20-5-6-21-17(26)24-14-4-2-3-13(18)9-14/h2-4,7-11H,5-6H2,1H3,(H,20,22,23)(H2,21,24,26). The summed E-state index contributed by atoms with van der Waals surface area (Å²) in [7, 11) is 0. The van der Waals surface area contributed by atoms with Crippen molar-refractivity contribution in [2.75, 3.05) is 23.7 Å². The average Bonchev–Trinajstić information content (AvgIpc) is 3.05. The number of carbonyl (C=O) groups excluding carboxylic acids is 1. The van der Waals surface area contributed by atoms with Gasteiger partial charge in [-0.15, -0.1) is 0 Å². The van der Waals surface area contributed by atoms with Crippen LogP contribution in [0.4, 0.5) is 16.3 Å². The van der Waals surface area contributed by atoms with E-state index in [4.69, 9.17) is 11.6 Å². The molecule has 0 saturated heterocycles. The van der Waals surface area contributed by atoms with Crippen molar-refractivity contribution >= 4 is 29.1 Å². The van der Waals surface area contributed by atoms with Gasteiger partial charge in [0.1, 0.15) is 23.8 Å². The zero-order valence-corrected chi connectivity index (χ0v) is 14.9. The number of aryl methyl sites for hydroxylation is 1. The van der Waals surface area contributed by atoms with Gasteiger partial charge in [-0.1, -0.05) is 17.7 Å². The number of rotatable bonds is 6. The van der Waals surface area contributed by atoms with Gasteiger partial charge in [0.15, 0.2) is 0 Å². The smallest absolute Gasteiger partial charge is 0.319 e. The van der Waals surface area contributed by atoms with Crippen LogP contribution in [-0.2, 0) is 0 Å². The van der Waals surface area contributed by atoms with Crippen molar-refractivity contribution in [3.05, 3.63) is 59.9 Å². The number of aromatic nitrogens is 4. The van der Waals surface area contributed by atoms with Crippen LogP contribution in [-0.4, -0.2) is 38.6 Å². The van der Waals surface area contributed by atoms with Crippen LogP contribution < -0.4 is 16.0 Å². The number of benzene rings is 1. The Morgan fingerprint density at radius 1 is 1.19 bits per heavy atom. The summed E-state index contributed by atoms with van der Waals surface area (Å²) < 4.78 is 1.86. The number of hydrogen-bond acceptors (Lipinski definition) is 5. The van der Waals surface area contributed by atoms with Crippen molar-refractivity contribution in [3.8, 4) is 5.82 Å². The lowest BCUT2D eigenvalue weighted by molar-refractivity contribution is 0.252. The number of urea groups is 1. The molecule has 0 bridgehead atoms. The van der Waals surface area contributed by atoms with Crippen LogP contribution >= 0.6 is 11.6 Å². The molecule has 0 atom stereocenters. The largest absolute Gasteiger partial charge is 0.368 e. The molecule has 0 aliphatic carbocycles. The fraction of sp³-hybridized carbons (Fsp3) is 0.176. The molecular formula is C17H18ClN7O. The first-order valence-corrected chi connectivity index (χ1v) is 8.36. The van der Waals surface area contributed by atoms with Crippen molar-refractivity contribution in [3.63, 3.8) is 0 Å². The highest BCUT2D eigenvalue weighted by atomic mass is 35.5. The minimum atomic E-state index is -0.300. The van der Waals surface area contributed by atoms with E-state index in [1.165, 1.54) is 6.33 Å². The fourth-order valence-corrected chi connectivity index (χ4v) is 2.49. The molecule has 0 fully saturated rings. The molecule has 0 spiro atoms. The third kappa shape index (κ3) is 4.70. The molecular weight excluding hydrogens is 354 g/mol. The van der Waals surface area contributed by atoms with Gasteiger partial charge >= 0.3 is 6.03 Å². The molecule has 8 nitrogen and oxygen atoms in total. The van der Waals surface area contributed by atoms with Gasteiger partial charge in [0.05, 0.1) is 0 Å². The monoisotopic (exact) mass is 371 g/mol. The fourth-order valence-electron chi connectivity index (χ4n) is 2.30. The van der Waals surface area contributed by atoms with Gasteiger partial charge in [-0.3, -0.25) is 4.57 Å². The Hall–Kier alpha value is -3.13. The van der Waals surface area contributed by atoms with Gasteiger partial charge in [0.25, 0.3) is 0 Å². The number of hydrogen-bond donors (Lipinski definition) is 3. The summed E-state index contributed by atoms with van der Waals surface area (Å²) in [4.78, 5) is 24.4. The van der Waals surface area contributed by atoms with Gasteiger partial charge in [0.2, 0.25) is 0 Å². The second kappa shape index (κ2) is 8.30. The summed E-state index contributed by atoms with van der Waals surface area (Å²) in [6.45, 7) is 2.84. The molecule has 9 heteroatoms. The molecule has 2 amide bonds. The number of imidazole rings is 1. The van der Waals surface area contributed by atoms with Gasteiger partial charge < -0.3 is 16.0 Å². The van der Waals surface area contributed by atoms with E-state index in [0.717, 1.165) is 11.6 Å². The lowest BCUT2D eigenvalue weighted by Crippen LogP contribution is -2.32. The van der Waals surface area contributed by atoms with E-state index >= 15 is 0 Å². The number of carbonyl (C=O) groups is 1. The molecule has 2 heterocycles. The molecule has 0 aliphatic rings. The molecule has 1 aromatic carbocycles. The van der Waals surface area contributed by atoms with Crippen molar-refractivity contribution < 1.29 is 4.79 Å². The number of anilines is 2. The van der Waals surface area contributed by atoms with E-state index in [9.17, 15) is 4.79 Å². The van der Waals surface area contributed by atoms with E-state index in [1.54, 1.807) is 30.5 Å². The SMILES string of the molecule is Cc1nccn1-c1cc(NCCNC(=O)Nc2cccc(Cl)c2)ncn1. The summed E-state index contributed by atoms with van der Waals surface area (Å²) in [5.74, 6) is 2.23. The van der Waals surface area contributed by atoms with Crippen molar-refractivity contribution in [1.29, 1.82) is 0 Å². The van der Waals surface area contributed by atoms with Crippen molar-refractivity contribution in [1.82, 2.24) is 24.8 Å². The quantitative estimate of drug-likeness (QED) is 0.579. The highest BCUT2D eigenvalue weighted by molar-refractivity contribution is 6.30. The number of nitrogens with one attached hydrogen (secondary N) is 3. The summed E-state index contributed by atoms with van der Waals surface area (Å²) >= 11 is 5.88. The van der Waals surface area contributed by atoms with E-state index in [0.29, 0.717) is 29.6 Å². The lowest BCUT2D eigenvalue weighted by atomic mass is 10.3. The van der Waals surface area contributed by atoms with Gasteiger partial charge in [-0.2, -0.15) is 0 Å². The average molecular weight is 372 g/mol. The Kier molecular flexibility index (Phi) is 5.65. The molecule has 2 aromatic heterocycles. The van der Waals surface area contributed by atoms with Crippen LogP contribution in [0.2, 0.25) is 5.02 Å². The Morgan fingerprint density at radius 2 is 2.08 bits per heavy atom. The first kappa shape index (κ1) is 17.7. The normalized spacial score (nSPS) is 10.4. The summed E-state index contributed by atoms with van der Waals surface area (Å²) in [5.41, 5.74) is 0.638. The molecule has 3 rings (SSSR count). The maximum absolute atomic E-state index is 11.9. The van der Waals surface area contributed by atoms with Crippen LogP contribution in [0.15, 0.2) is 49.1 Å². The number of nitrogens with zero attached hydrogens (tertiary/aromatic N) is 4. The Bertz CT molecular complexity index is 896. The zero-order valence-electron chi connectivity index (χ0n) is 14.1. The summed E-state index contributed by atoms with van der Waals surface area (Å²) in [6, 6.07) is 8.49. The van der Waals surface area contributed by atoms with Gasteiger partial charge in [-0.25, -0.2) is 19.7 Å². The minimum absolute atomic E-state index is 0.300. The van der Waals surface area contributed by atoms with Crippen LogP contribution in [0.5, 0.6) is 0 Å². The minimum Gasteiger partial charge on any atom is -0.368 e. The molecule has 0 radical (unpaired) electrons. The molecule has 3 N–H and O–H groups in total. The molecule has 0 saturated carbocycles. The molecule has 26 heavy (non-hydrogen) atoms. The predicted octanol–water partition coefficient (Wildman–Crippen LogP) is 2.86. The first-order valence-electron chi connectivity index (χ1n) is 7.98. The highest BCUT2D eigenvalue weighted by Crippen LogP contribution is 2.14. The van der Waals surface area contributed by atoms with E-state index in [1.807, 2.05) is 23.8 Å². The predicted molar refractivity (Wildman–Crippen MR) is 101 cm³/mol. The second-order valence-corrected chi connectivity index (χ2v) is 5.86. The maximum Gasteiger partial charge on any atom is 0.319 e. The summed E-state index contributed by atoms with van der Waals surface area (Å²) in [6.07, 6.45) is 5.03. The van der Waals surface area contributed by atoms with Gasteiger partial charge in [0, 0.05) is 42.3 Å². The van der Waals surface area contributed by atoms with Crippen molar-refractivity contribution in [2.24, 2.45) is 0 Å². The topological polar surface area (TPSA) is 96.8 Å². The van der Waals surface area contributed by atoms with E-state index in [2.05, 4.69) is 30.9 Å². The molecule has 0 unspecified atom stereocenters. The zero-order chi connectivity index (χ0) is 18.4. The first-order chi connectivity index (χ1) is 12.6. The lowest BCUT2D eigenvalue weighted by Gasteiger charge is -2.10. The number of amides is 2. The third-order valence-electron chi connectivity index (χ3n) is 3.52. The van der Waals surface area contributed by atoms with E-state index < -0.39 is 0 Å². The second-order valence-electron chi connectivity index (χ2n) is 5.42. The van der Waals surface area contributed by atoms with Crippen LogP contribution in [0.3, 0.4) is 0 Å². The Labute approximate surface area is 155 Å². The van der Waals surface area contributed by atoms with Crippen molar-refractivity contribution in [2.45, 2.75) is 6.92 Å². The maximum atomic E-state index is 11.9. The van der Waals surface area contributed by atoms with Crippen LogP contribution in [0.25, 0.3) is 5.82 Å². The van der Waals surface area contributed by atoms with E-state index in [-0.39, 0.29) is 6.03 Å². The van der Waals surface area contributed by atoms with Crippen LogP contribution in [0, 0.1) is 6.92 Å². The Morgan fingerprint density at radius 3 is 2.85 bits per heavy atom. The number of halogens is 1. The Balaban J connectivity index is 1.46. The highest BCUT2D eigenvalue weighted by Gasteiger charge is 2.04. The molecule has 0 aliphatic heterocycles. The molecule has 3 aromatic rings. The molecule has 134 valence electrons.